The third-order valence-electron chi connectivity index (χ3n) is 3.20. The summed E-state index contributed by atoms with van der Waals surface area (Å²) in [5.41, 5.74) is 4.47. The first-order chi connectivity index (χ1) is 8.82. The first-order valence-electron chi connectivity index (χ1n) is 5.53. The fourth-order valence-electron chi connectivity index (χ4n) is 1.77. The monoisotopic (exact) mass is 266 g/mol. The molecule has 0 fully saturated rings. The molecule has 19 heavy (non-hydrogen) atoms. The number of hydrogen-bond acceptors (Lipinski definition) is 5. The van der Waals surface area contributed by atoms with Crippen molar-refractivity contribution in [2.75, 3.05) is 0 Å². The van der Waals surface area contributed by atoms with Crippen molar-refractivity contribution in [3.8, 4) is 0 Å². The number of non-ortho nitro benzene ring substituents is 1. The maximum absolute atomic E-state index is 11.2. The van der Waals surface area contributed by atoms with Crippen molar-refractivity contribution in [3.05, 3.63) is 39.9 Å². The Bertz CT molecular complexity index is 499. The van der Waals surface area contributed by atoms with E-state index in [2.05, 4.69) is 0 Å². The molecule has 0 saturated heterocycles. The summed E-state index contributed by atoms with van der Waals surface area (Å²) in [5, 5.41) is 19.7. The van der Waals surface area contributed by atoms with Crippen LogP contribution in [0.5, 0.6) is 0 Å². The Hall–Kier alpha value is -2.28. The zero-order chi connectivity index (χ0) is 14.6. The maximum Gasteiger partial charge on any atom is 0.324 e. The number of nitro benzene ring substituents is 1. The molecule has 0 aliphatic carbocycles. The van der Waals surface area contributed by atoms with Gasteiger partial charge in [0.15, 0.2) is 0 Å². The molecule has 3 N–H and O–H groups in total. The zero-order valence-electron chi connectivity index (χ0n) is 10.3. The molecule has 1 aromatic rings. The number of hydrogen-bond donors (Lipinski definition) is 2. The summed E-state index contributed by atoms with van der Waals surface area (Å²) < 4.78 is 0. The van der Waals surface area contributed by atoms with E-state index in [1.165, 1.54) is 24.3 Å². The number of nitrogens with two attached hydrogens (primary N) is 1. The van der Waals surface area contributed by atoms with Crippen LogP contribution in [0.25, 0.3) is 0 Å². The minimum Gasteiger partial charge on any atom is -0.480 e. The number of nitrogens with zero attached hydrogens (tertiary/aromatic N) is 1. The predicted molar refractivity (Wildman–Crippen MR) is 66.7 cm³/mol. The van der Waals surface area contributed by atoms with E-state index in [-0.39, 0.29) is 12.1 Å². The summed E-state index contributed by atoms with van der Waals surface area (Å²) in [6.45, 7) is 1.57. The first kappa shape index (κ1) is 14.8. The molecule has 0 saturated carbocycles. The molecular formula is C12H14N2O5. The molecule has 102 valence electrons. The number of aldehydes is 1. The van der Waals surface area contributed by atoms with Crippen molar-refractivity contribution in [2.45, 2.75) is 24.8 Å². The molecule has 2 unspecified atom stereocenters. The third kappa shape index (κ3) is 2.94. The number of benzene rings is 1. The summed E-state index contributed by atoms with van der Waals surface area (Å²) in [6, 6.07) is 5.43. The van der Waals surface area contributed by atoms with Gasteiger partial charge in [-0.05, 0) is 5.56 Å². The van der Waals surface area contributed by atoms with Gasteiger partial charge in [-0.15, -0.1) is 0 Å². The van der Waals surface area contributed by atoms with Crippen LogP contribution in [0.4, 0.5) is 5.69 Å². The van der Waals surface area contributed by atoms with Gasteiger partial charge >= 0.3 is 5.97 Å². The number of carbonyl (C=O) groups is 2. The standard InChI is InChI=1S/C12H14N2O5/c1-8(12(13,6-7-15)11(16)17)9-2-4-10(5-3-9)14(18)19/h2-5,7-8H,6,13H2,1H3,(H,16,17). The number of nitro groups is 1. The van der Waals surface area contributed by atoms with Crippen LogP contribution in [0.15, 0.2) is 24.3 Å². The van der Waals surface area contributed by atoms with Crippen molar-refractivity contribution >= 4 is 17.9 Å². The van der Waals surface area contributed by atoms with Crippen LogP contribution in [0, 0.1) is 10.1 Å². The van der Waals surface area contributed by atoms with Gasteiger partial charge < -0.3 is 15.6 Å². The highest BCUT2D eigenvalue weighted by Crippen LogP contribution is 2.29. The molecule has 0 bridgehead atoms. The van der Waals surface area contributed by atoms with Gasteiger partial charge in [-0.3, -0.25) is 14.9 Å². The molecule has 0 aliphatic rings. The lowest BCUT2D eigenvalue weighted by atomic mass is 9.79. The number of carboxylic acid groups (broad SMARTS) is 1. The van der Waals surface area contributed by atoms with E-state index in [4.69, 9.17) is 10.8 Å². The summed E-state index contributed by atoms with van der Waals surface area (Å²) in [5.74, 6) is -1.94. The van der Waals surface area contributed by atoms with Gasteiger partial charge in [0.1, 0.15) is 11.8 Å². The van der Waals surface area contributed by atoms with E-state index < -0.39 is 22.3 Å². The normalized spacial score (nSPS) is 15.3. The maximum atomic E-state index is 11.2. The van der Waals surface area contributed by atoms with Crippen LogP contribution in [-0.2, 0) is 9.59 Å². The van der Waals surface area contributed by atoms with E-state index >= 15 is 0 Å². The van der Waals surface area contributed by atoms with Crippen LogP contribution in [0.1, 0.15) is 24.8 Å². The lowest BCUT2D eigenvalue weighted by Crippen LogP contribution is -2.52. The molecule has 0 radical (unpaired) electrons. The SMILES string of the molecule is CC(c1ccc([N+](=O)[O-])cc1)C(N)(CC=O)C(=O)O. The first-order valence-corrected chi connectivity index (χ1v) is 5.53. The Balaban J connectivity index is 3.09. The molecule has 7 nitrogen and oxygen atoms in total. The van der Waals surface area contributed by atoms with Crippen molar-refractivity contribution in [1.82, 2.24) is 0 Å². The predicted octanol–water partition coefficient (Wildman–Crippen LogP) is 1.07. The van der Waals surface area contributed by atoms with Gasteiger partial charge in [-0.1, -0.05) is 19.1 Å². The molecule has 2 atom stereocenters. The Morgan fingerprint density at radius 1 is 1.53 bits per heavy atom. The van der Waals surface area contributed by atoms with Crippen molar-refractivity contribution in [2.24, 2.45) is 5.73 Å². The molecular weight excluding hydrogens is 252 g/mol. The fraction of sp³-hybridized carbons (Fsp3) is 0.333. The highest BCUT2D eigenvalue weighted by Gasteiger charge is 2.40. The summed E-state index contributed by atoms with van der Waals surface area (Å²) >= 11 is 0. The Labute approximate surface area is 109 Å². The minimum atomic E-state index is -1.72. The number of carbonyl (C=O) groups excluding carboxylic acids is 1. The average molecular weight is 266 g/mol. The van der Waals surface area contributed by atoms with Crippen LogP contribution in [0.2, 0.25) is 0 Å². The van der Waals surface area contributed by atoms with Gasteiger partial charge in [0.05, 0.1) is 4.92 Å². The molecule has 0 aliphatic heterocycles. The van der Waals surface area contributed by atoms with E-state index in [1.807, 2.05) is 0 Å². The highest BCUT2D eigenvalue weighted by atomic mass is 16.6. The quantitative estimate of drug-likeness (QED) is 0.451. The molecule has 7 heteroatoms. The van der Waals surface area contributed by atoms with Gasteiger partial charge in [-0.2, -0.15) is 0 Å². The molecule has 0 spiro atoms. The van der Waals surface area contributed by atoms with Gasteiger partial charge in [0.25, 0.3) is 5.69 Å². The third-order valence-corrected chi connectivity index (χ3v) is 3.20. The van der Waals surface area contributed by atoms with Gasteiger partial charge in [-0.25, -0.2) is 0 Å². The van der Waals surface area contributed by atoms with Crippen molar-refractivity contribution in [3.63, 3.8) is 0 Å². The molecule has 1 rings (SSSR count). The lowest BCUT2D eigenvalue weighted by molar-refractivity contribution is -0.384. The second-order valence-corrected chi connectivity index (χ2v) is 4.29. The van der Waals surface area contributed by atoms with E-state index in [0.29, 0.717) is 11.8 Å². The largest absolute Gasteiger partial charge is 0.480 e. The Kier molecular flexibility index (Phi) is 4.34. The second-order valence-electron chi connectivity index (χ2n) is 4.29. The number of aliphatic carboxylic acids is 1. The van der Waals surface area contributed by atoms with E-state index in [0.717, 1.165) is 0 Å². The lowest BCUT2D eigenvalue weighted by Gasteiger charge is -2.29. The summed E-state index contributed by atoms with van der Waals surface area (Å²) in [6.07, 6.45) is 0.122. The van der Waals surface area contributed by atoms with Crippen LogP contribution in [-0.4, -0.2) is 27.8 Å². The minimum absolute atomic E-state index is 0.0933. The molecule has 0 amide bonds. The summed E-state index contributed by atoms with van der Waals surface area (Å²) in [7, 11) is 0. The average Bonchev–Trinajstić information content (AvgIpc) is 2.37. The van der Waals surface area contributed by atoms with Crippen LogP contribution >= 0.6 is 0 Å². The highest BCUT2D eigenvalue weighted by molar-refractivity contribution is 5.83. The van der Waals surface area contributed by atoms with Crippen molar-refractivity contribution in [1.29, 1.82) is 0 Å². The molecule has 0 aromatic heterocycles. The number of carboxylic acids is 1. The zero-order valence-corrected chi connectivity index (χ0v) is 10.3. The molecule has 1 aromatic carbocycles. The smallest absolute Gasteiger partial charge is 0.324 e. The topological polar surface area (TPSA) is 124 Å². The molecule has 0 heterocycles. The Morgan fingerprint density at radius 2 is 2.05 bits per heavy atom. The van der Waals surface area contributed by atoms with Gasteiger partial charge in [0, 0.05) is 24.5 Å². The van der Waals surface area contributed by atoms with Crippen LogP contribution < -0.4 is 5.73 Å². The second kappa shape index (κ2) is 5.57. The van der Waals surface area contributed by atoms with E-state index in [9.17, 15) is 19.7 Å². The Morgan fingerprint density at radius 3 is 2.42 bits per heavy atom. The number of rotatable bonds is 6. The van der Waals surface area contributed by atoms with E-state index in [1.54, 1.807) is 6.92 Å². The van der Waals surface area contributed by atoms with Crippen molar-refractivity contribution < 1.29 is 19.6 Å². The fourth-order valence-corrected chi connectivity index (χ4v) is 1.77. The van der Waals surface area contributed by atoms with Gasteiger partial charge in [0.2, 0.25) is 0 Å². The summed E-state index contributed by atoms with van der Waals surface area (Å²) in [4.78, 5) is 31.8. The van der Waals surface area contributed by atoms with Crippen LogP contribution in [0.3, 0.4) is 0 Å².